The number of anilines is 1. The van der Waals surface area contributed by atoms with Crippen molar-refractivity contribution >= 4 is 23.4 Å². The highest BCUT2D eigenvalue weighted by molar-refractivity contribution is 6.07. The van der Waals surface area contributed by atoms with E-state index in [1.807, 2.05) is 54.6 Å². The molecule has 144 valence electrons. The second kappa shape index (κ2) is 7.11. The average Bonchev–Trinajstić information content (AvgIpc) is 3.26. The summed E-state index contributed by atoms with van der Waals surface area (Å²) in [4.78, 5) is 39.5. The highest BCUT2D eigenvalue weighted by atomic mass is 16.2. The van der Waals surface area contributed by atoms with Crippen LogP contribution in [0.2, 0.25) is 0 Å². The maximum absolute atomic E-state index is 13.2. The van der Waals surface area contributed by atoms with Crippen molar-refractivity contribution < 1.29 is 14.4 Å². The van der Waals surface area contributed by atoms with Crippen LogP contribution in [-0.4, -0.2) is 35.7 Å². The third kappa shape index (κ3) is 2.76. The van der Waals surface area contributed by atoms with E-state index in [-0.39, 0.29) is 24.3 Å². The van der Waals surface area contributed by atoms with Crippen LogP contribution in [0.1, 0.15) is 36.9 Å². The van der Waals surface area contributed by atoms with Crippen LogP contribution < -0.4 is 10.6 Å². The van der Waals surface area contributed by atoms with Crippen LogP contribution in [0.25, 0.3) is 0 Å². The van der Waals surface area contributed by atoms with Gasteiger partial charge in [-0.1, -0.05) is 55.5 Å². The fourth-order valence-corrected chi connectivity index (χ4v) is 4.45. The number of hydrogen-bond acceptors (Lipinski definition) is 3. The minimum absolute atomic E-state index is 0.0602. The molecule has 6 heteroatoms. The predicted molar refractivity (Wildman–Crippen MR) is 106 cm³/mol. The fourth-order valence-electron chi connectivity index (χ4n) is 4.45. The molecule has 2 aliphatic heterocycles. The Bertz CT molecular complexity index is 928. The average molecular weight is 377 g/mol. The lowest BCUT2D eigenvalue weighted by atomic mass is 9.72. The molecule has 4 rings (SSSR count). The predicted octanol–water partition coefficient (Wildman–Crippen LogP) is 2.38. The minimum Gasteiger partial charge on any atom is -0.347 e. The third-order valence-electron chi connectivity index (χ3n) is 5.78. The first-order valence-corrected chi connectivity index (χ1v) is 9.60. The number of nitrogens with one attached hydrogen (secondary N) is 2. The molecular formula is C22H23N3O3. The number of benzene rings is 2. The standard InChI is InChI=1S/C22H23N3O3/c1-2-18(26)23-14-19(27)25-13-12-22(20(25)15-8-4-3-5-9-15)16-10-6-7-11-17(16)24-21(22)28/h3-11,20H,2,12-14H2,1H3,(H,23,26)(H,24,28)/t20-,22+/m0/s1. The molecule has 2 aliphatic rings. The molecule has 0 radical (unpaired) electrons. The van der Waals surface area contributed by atoms with Crippen molar-refractivity contribution in [1.29, 1.82) is 0 Å². The van der Waals surface area contributed by atoms with Crippen molar-refractivity contribution in [2.75, 3.05) is 18.4 Å². The summed E-state index contributed by atoms with van der Waals surface area (Å²) >= 11 is 0. The molecule has 2 N–H and O–H groups in total. The Kier molecular flexibility index (Phi) is 4.63. The molecule has 0 aromatic heterocycles. The Balaban J connectivity index is 1.76. The Morgan fingerprint density at radius 3 is 2.61 bits per heavy atom. The Hall–Kier alpha value is -3.15. The summed E-state index contributed by atoms with van der Waals surface area (Å²) < 4.78 is 0. The van der Waals surface area contributed by atoms with Crippen LogP contribution in [-0.2, 0) is 19.8 Å². The smallest absolute Gasteiger partial charge is 0.242 e. The first-order valence-electron chi connectivity index (χ1n) is 9.60. The van der Waals surface area contributed by atoms with E-state index < -0.39 is 11.5 Å². The highest BCUT2D eigenvalue weighted by Gasteiger charge is 2.59. The number of rotatable bonds is 4. The van der Waals surface area contributed by atoms with E-state index in [9.17, 15) is 14.4 Å². The van der Waals surface area contributed by atoms with Crippen molar-refractivity contribution in [3.8, 4) is 0 Å². The zero-order chi connectivity index (χ0) is 19.7. The minimum atomic E-state index is -0.817. The molecule has 2 aromatic carbocycles. The van der Waals surface area contributed by atoms with Gasteiger partial charge < -0.3 is 15.5 Å². The molecular weight excluding hydrogens is 354 g/mol. The van der Waals surface area contributed by atoms with E-state index in [0.717, 1.165) is 16.8 Å². The number of hydrogen-bond donors (Lipinski definition) is 2. The van der Waals surface area contributed by atoms with Gasteiger partial charge in [0.05, 0.1) is 12.6 Å². The maximum atomic E-state index is 13.2. The molecule has 2 atom stereocenters. The number of fused-ring (bicyclic) bond motifs is 2. The van der Waals surface area contributed by atoms with Gasteiger partial charge in [-0.2, -0.15) is 0 Å². The summed E-state index contributed by atoms with van der Waals surface area (Å²) in [6.45, 7) is 2.15. The monoisotopic (exact) mass is 377 g/mol. The zero-order valence-electron chi connectivity index (χ0n) is 15.8. The molecule has 1 saturated heterocycles. The third-order valence-corrected chi connectivity index (χ3v) is 5.78. The molecule has 1 fully saturated rings. The first-order chi connectivity index (χ1) is 13.6. The lowest BCUT2D eigenvalue weighted by Crippen LogP contribution is -2.45. The molecule has 0 saturated carbocycles. The summed E-state index contributed by atoms with van der Waals surface area (Å²) in [7, 11) is 0. The largest absolute Gasteiger partial charge is 0.347 e. The first kappa shape index (κ1) is 18.2. The van der Waals surface area contributed by atoms with E-state index in [0.29, 0.717) is 19.4 Å². The normalized spacial score (nSPS) is 22.8. The van der Waals surface area contributed by atoms with Gasteiger partial charge in [-0.05, 0) is 23.6 Å². The van der Waals surface area contributed by atoms with Gasteiger partial charge in [-0.3, -0.25) is 14.4 Å². The second-order valence-electron chi connectivity index (χ2n) is 7.25. The molecule has 6 nitrogen and oxygen atoms in total. The Labute approximate surface area is 163 Å². The van der Waals surface area contributed by atoms with Crippen LogP contribution in [0.3, 0.4) is 0 Å². The summed E-state index contributed by atoms with van der Waals surface area (Å²) in [6.07, 6.45) is 0.873. The van der Waals surface area contributed by atoms with Crippen molar-refractivity contribution in [3.05, 3.63) is 65.7 Å². The fraction of sp³-hybridized carbons (Fsp3) is 0.318. The van der Waals surface area contributed by atoms with Gasteiger partial charge >= 0.3 is 0 Å². The van der Waals surface area contributed by atoms with E-state index in [4.69, 9.17) is 0 Å². The zero-order valence-corrected chi connectivity index (χ0v) is 15.8. The summed E-state index contributed by atoms with van der Waals surface area (Å²) in [5, 5.41) is 5.66. The van der Waals surface area contributed by atoms with Crippen molar-refractivity contribution in [3.63, 3.8) is 0 Å². The SMILES string of the molecule is CCC(=O)NCC(=O)N1CC[C@]2(C(=O)Nc3ccccc32)[C@@H]1c1ccccc1. The summed E-state index contributed by atoms with van der Waals surface area (Å²) in [5.41, 5.74) is 1.84. The molecule has 0 unspecified atom stereocenters. The van der Waals surface area contributed by atoms with E-state index in [2.05, 4.69) is 10.6 Å². The van der Waals surface area contributed by atoms with Gasteiger partial charge in [0.2, 0.25) is 17.7 Å². The van der Waals surface area contributed by atoms with Gasteiger partial charge in [0.15, 0.2) is 0 Å². The van der Waals surface area contributed by atoms with Crippen molar-refractivity contribution in [2.45, 2.75) is 31.2 Å². The lowest BCUT2D eigenvalue weighted by molar-refractivity contribution is -0.134. The van der Waals surface area contributed by atoms with Crippen LogP contribution in [0.4, 0.5) is 5.69 Å². The molecule has 28 heavy (non-hydrogen) atoms. The number of para-hydroxylation sites is 1. The van der Waals surface area contributed by atoms with E-state index in [1.165, 1.54) is 0 Å². The number of likely N-dealkylation sites (tertiary alicyclic amines) is 1. The van der Waals surface area contributed by atoms with Crippen LogP contribution in [0.5, 0.6) is 0 Å². The molecule has 2 heterocycles. The van der Waals surface area contributed by atoms with Gasteiger partial charge in [0, 0.05) is 18.7 Å². The van der Waals surface area contributed by atoms with Gasteiger partial charge in [0.25, 0.3) is 0 Å². The number of nitrogens with zero attached hydrogens (tertiary/aromatic N) is 1. The molecule has 0 aliphatic carbocycles. The van der Waals surface area contributed by atoms with Crippen LogP contribution in [0.15, 0.2) is 54.6 Å². The summed E-state index contributed by atoms with van der Waals surface area (Å²) in [6, 6.07) is 16.9. The molecule has 3 amide bonds. The molecule has 2 aromatic rings. The van der Waals surface area contributed by atoms with Crippen molar-refractivity contribution in [1.82, 2.24) is 10.2 Å². The Morgan fingerprint density at radius 2 is 1.86 bits per heavy atom. The van der Waals surface area contributed by atoms with Crippen LogP contribution >= 0.6 is 0 Å². The quantitative estimate of drug-likeness (QED) is 0.859. The van der Waals surface area contributed by atoms with Crippen molar-refractivity contribution in [2.24, 2.45) is 0 Å². The highest BCUT2D eigenvalue weighted by Crippen LogP contribution is 2.54. The van der Waals surface area contributed by atoms with Gasteiger partial charge in [0.1, 0.15) is 5.41 Å². The summed E-state index contributed by atoms with van der Waals surface area (Å²) in [5.74, 6) is -0.414. The molecule has 1 spiro atoms. The van der Waals surface area contributed by atoms with Crippen LogP contribution in [0, 0.1) is 0 Å². The Morgan fingerprint density at radius 1 is 1.14 bits per heavy atom. The second-order valence-corrected chi connectivity index (χ2v) is 7.25. The number of carbonyl (C=O) groups is 3. The maximum Gasteiger partial charge on any atom is 0.242 e. The number of amides is 3. The topological polar surface area (TPSA) is 78.5 Å². The van der Waals surface area contributed by atoms with E-state index >= 15 is 0 Å². The lowest BCUT2D eigenvalue weighted by Gasteiger charge is -2.34. The van der Waals surface area contributed by atoms with Gasteiger partial charge in [-0.25, -0.2) is 0 Å². The van der Waals surface area contributed by atoms with Gasteiger partial charge in [-0.15, -0.1) is 0 Å². The number of carbonyl (C=O) groups excluding carboxylic acids is 3. The van der Waals surface area contributed by atoms with E-state index in [1.54, 1.807) is 11.8 Å². The molecule has 0 bridgehead atoms.